The Morgan fingerprint density at radius 1 is 1.06 bits per heavy atom. The van der Waals surface area contributed by atoms with E-state index in [1.807, 2.05) is 62.4 Å². The molecule has 2 aliphatic rings. The highest BCUT2D eigenvalue weighted by atomic mass is 16.6. The van der Waals surface area contributed by atoms with Crippen molar-refractivity contribution in [2.75, 3.05) is 26.3 Å². The Morgan fingerprint density at radius 3 is 2.53 bits per heavy atom. The standard InChI is InChI=1S/C24H27N3O5/c1-3-24(18-10-6-5-7-11-18)22(29)27(23(30)25-24)16-20(28)26(4-2)15-17-9-8-12-19-21(17)32-14-13-31-19/h5-12H,3-4,13-16H2,1-2H3,(H,25,30). The fourth-order valence-electron chi connectivity index (χ4n) is 4.21. The topological polar surface area (TPSA) is 88.2 Å². The van der Waals surface area contributed by atoms with Gasteiger partial charge in [0.25, 0.3) is 5.91 Å². The number of hydrogen-bond acceptors (Lipinski definition) is 5. The summed E-state index contributed by atoms with van der Waals surface area (Å²) in [6.07, 6.45) is 0.386. The van der Waals surface area contributed by atoms with Gasteiger partial charge in [0, 0.05) is 18.7 Å². The highest BCUT2D eigenvalue weighted by molar-refractivity contribution is 6.09. The Labute approximate surface area is 187 Å². The predicted octanol–water partition coefficient (Wildman–Crippen LogP) is 2.66. The van der Waals surface area contributed by atoms with E-state index in [4.69, 9.17) is 9.47 Å². The van der Waals surface area contributed by atoms with E-state index in [1.54, 1.807) is 4.90 Å². The summed E-state index contributed by atoms with van der Waals surface area (Å²) in [6, 6.07) is 14.1. The molecule has 32 heavy (non-hydrogen) atoms. The summed E-state index contributed by atoms with van der Waals surface area (Å²) in [5.74, 6) is 0.565. The molecule has 4 rings (SSSR count). The van der Waals surface area contributed by atoms with Crippen LogP contribution in [0.4, 0.5) is 4.79 Å². The van der Waals surface area contributed by atoms with Crippen molar-refractivity contribution in [3.05, 3.63) is 59.7 Å². The summed E-state index contributed by atoms with van der Waals surface area (Å²) in [5.41, 5.74) is 0.373. The Balaban J connectivity index is 1.51. The van der Waals surface area contributed by atoms with Crippen LogP contribution >= 0.6 is 0 Å². The van der Waals surface area contributed by atoms with Crippen LogP contribution < -0.4 is 14.8 Å². The van der Waals surface area contributed by atoms with Crippen LogP contribution in [0.5, 0.6) is 11.5 Å². The molecule has 0 aromatic heterocycles. The molecular formula is C24H27N3O5. The lowest BCUT2D eigenvalue weighted by Crippen LogP contribution is -2.45. The Bertz CT molecular complexity index is 1030. The molecule has 1 atom stereocenters. The van der Waals surface area contributed by atoms with Gasteiger partial charge in [-0.05, 0) is 25.0 Å². The smallest absolute Gasteiger partial charge is 0.325 e. The Hall–Kier alpha value is -3.55. The number of rotatable bonds is 7. The first-order valence-electron chi connectivity index (χ1n) is 10.8. The molecule has 0 radical (unpaired) electrons. The average Bonchev–Trinajstić information content (AvgIpc) is 3.08. The number of amides is 4. The van der Waals surface area contributed by atoms with Crippen LogP contribution in [0.1, 0.15) is 31.4 Å². The van der Waals surface area contributed by atoms with Crippen molar-refractivity contribution in [2.24, 2.45) is 0 Å². The number of hydrogen-bond donors (Lipinski definition) is 1. The van der Waals surface area contributed by atoms with Gasteiger partial charge in [0.05, 0.1) is 0 Å². The van der Waals surface area contributed by atoms with Crippen LogP contribution in [0.15, 0.2) is 48.5 Å². The van der Waals surface area contributed by atoms with E-state index in [1.165, 1.54) is 0 Å². The van der Waals surface area contributed by atoms with Crippen molar-refractivity contribution in [3.63, 3.8) is 0 Å². The predicted molar refractivity (Wildman–Crippen MR) is 117 cm³/mol. The van der Waals surface area contributed by atoms with Gasteiger partial charge < -0.3 is 19.7 Å². The lowest BCUT2D eigenvalue weighted by molar-refractivity contribution is -0.139. The number of likely N-dealkylation sites (N-methyl/N-ethyl adjacent to an activating group) is 1. The van der Waals surface area contributed by atoms with Crippen molar-refractivity contribution in [3.8, 4) is 11.5 Å². The molecule has 1 unspecified atom stereocenters. The second-order valence-corrected chi connectivity index (χ2v) is 7.80. The minimum Gasteiger partial charge on any atom is -0.486 e. The lowest BCUT2D eigenvalue weighted by Gasteiger charge is -2.27. The molecule has 0 spiro atoms. The van der Waals surface area contributed by atoms with Gasteiger partial charge in [-0.15, -0.1) is 0 Å². The third-order valence-corrected chi connectivity index (χ3v) is 6.01. The molecule has 2 aliphatic heterocycles. The van der Waals surface area contributed by atoms with E-state index in [0.29, 0.717) is 49.8 Å². The highest BCUT2D eigenvalue weighted by Crippen LogP contribution is 2.35. The second kappa shape index (κ2) is 8.90. The van der Waals surface area contributed by atoms with E-state index in [9.17, 15) is 14.4 Å². The van der Waals surface area contributed by atoms with Gasteiger partial charge in [-0.2, -0.15) is 0 Å². The minimum absolute atomic E-state index is 0.295. The van der Waals surface area contributed by atoms with Crippen molar-refractivity contribution in [1.29, 1.82) is 0 Å². The summed E-state index contributed by atoms with van der Waals surface area (Å²) in [7, 11) is 0. The molecule has 1 saturated heterocycles. The zero-order valence-electron chi connectivity index (χ0n) is 18.3. The number of carbonyl (C=O) groups is 3. The fourth-order valence-corrected chi connectivity index (χ4v) is 4.21. The molecule has 168 valence electrons. The molecule has 4 amide bonds. The van der Waals surface area contributed by atoms with Gasteiger partial charge in [-0.1, -0.05) is 49.4 Å². The summed E-state index contributed by atoms with van der Waals surface area (Å²) in [5, 5.41) is 2.82. The van der Waals surface area contributed by atoms with Gasteiger partial charge >= 0.3 is 6.03 Å². The maximum atomic E-state index is 13.3. The summed E-state index contributed by atoms with van der Waals surface area (Å²) in [6.45, 7) is 5.03. The van der Waals surface area contributed by atoms with Crippen LogP contribution in [0.3, 0.4) is 0 Å². The van der Waals surface area contributed by atoms with Gasteiger partial charge in [0.1, 0.15) is 25.3 Å². The van der Waals surface area contributed by atoms with Gasteiger partial charge in [0.2, 0.25) is 5.91 Å². The first kappa shape index (κ1) is 21.7. The number of benzene rings is 2. The molecule has 8 heteroatoms. The molecule has 2 aromatic carbocycles. The number of fused-ring (bicyclic) bond motifs is 1. The maximum absolute atomic E-state index is 13.3. The number of nitrogens with zero attached hydrogens (tertiary/aromatic N) is 2. The third-order valence-electron chi connectivity index (χ3n) is 6.01. The van der Waals surface area contributed by atoms with E-state index >= 15 is 0 Å². The fraction of sp³-hybridized carbons (Fsp3) is 0.375. The molecule has 8 nitrogen and oxygen atoms in total. The normalized spacial score (nSPS) is 19.6. The number of ether oxygens (including phenoxy) is 2. The highest BCUT2D eigenvalue weighted by Gasteiger charge is 2.51. The van der Waals surface area contributed by atoms with Crippen molar-refractivity contribution in [2.45, 2.75) is 32.4 Å². The third kappa shape index (κ3) is 3.77. The first-order chi connectivity index (χ1) is 15.5. The molecule has 1 fully saturated rings. The number of para-hydroxylation sites is 1. The first-order valence-corrected chi connectivity index (χ1v) is 10.8. The zero-order chi connectivity index (χ0) is 22.7. The Kier molecular flexibility index (Phi) is 6.03. The zero-order valence-corrected chi connectivity index (χ0v) is 18.3. The van der Waals surface area contributed by atoms with E-state index in [-0.39, 0.29) is 12.5 Å². The second-order valence-electron chi connectivity index (χ2n) is 7.80. The lowest BCUT2D eigenvalue weighted by atomic mass is 9.87. The van der Waals surface area contributed by atoms with Crippen LogP contribution in [0.2, 0.25) is 0 Å². The average molecular weight is 437 g/mol. The number of imide groups is 1. The van der Waals surface area contributed by atoms with E-state index in [2.05, 4.69) is 5.32 Å². The summed E-state index contributed by atoms with van der Waals surface area (Å²) < 4.78 is 11.4. The molecule has 0 bridgehead atoms. The van der Waals surface area contributed by atoms with Crippen LogP contribution in [0, 0.1) is 0 Å². The number of nitrogens with one attached hydrogen (secondary N) is 1. The quantitative estimate of drug-likeness (QED) is 0.673. The van der Waals surface area contributed by atoms with Gasteiger partial charge in [-0.3, -0.25) is 14.5 Å². The van der Waals surface area contributed by atoms with Gasteiger partial charge in [-0.25, -0.2) is 4.79 Å². The monoisotopic (exact) mass is 437 g/mol. The Morgan fingerprint density at radius 2 is 1.81 bits per heavy atom. The largest absolute Gasteiger partial charge is 0.486 e. The molecule has 2 heterocycles. The van der Waals surface area contributed by atoms with Gasteiger partial charge in [0.15, 0.2) is 11.5 Å². The molecule has 0 saturated carbocycles. The minimum atomic E-state index is -1.15. The van der Waals surface area contributed by atoms with Crippen molar-refractivity contribution < 1.29 is 23.9 Å². The molecule has 1 N–H and O–H groups in total. The molecular weight excluding hydrogens is 410 g/mol. The van der Waals surface area contributed by atoms with Crippen LogP contribution in [-0.2, 0) is 21.7 Å². The van der Waals surface area contributed by atoms with E-state index in [0.717, 1.165) is 10.5 Å². The summed E-state index contributed by atoms with van der Waals surface area (Å²) in [4.78, 5) is 41.7. The summed E-state index contributed by atoms with van der Waals surface area (Å²) >= 11 is 0. The number of urea groups is 1. The maximum Gasteiger partial charge on any atom is 0.325 e. The molecule has 2 aromatic rings. The van der Waals surface area contributed by atoms with Crippen molar-refractivity contribution in [1.82, 2.24) is 15.1 Å². The van der Waals surface area contributed by atoms with Crippen LogP contribution in [-0.4, -0.2) is 53.9 Å². The molecule has 0 aliphatic carbocycles. The van der Waals surface area contributed by atoms with Crippen molar-refractivity contribution >= 4 is 17.8 Å². The number of carbonyl (C=O) groups excluding carboxylic acids is 3. The van der Waals surface area contributed by atoms with Crippen LogP contribution in [0.25, 0.3) is 0 Å². The SMILES string of the molecule is CCN(Cc1cccc2c1OCCO2)C(=O)CN1C(=O)NC(CC)(c2ccccc2)C1=O. The van der Waals surface area contributed by atoms with E-state index < -0.39 is 17.5 Å².